The molecule has 3 heterocycles. The molecule has 1 amide bonds. The lowest BCUT2D eigenvalue weighted by Crippen LogP contribution is -2.29. The molecule has 0 unspecified atom stereocenters. The number of methoxy groups -OCH3 is 2. The van der Waals surface area contributed by atoms with E-state index in [9.17, 15) is 9.59 Å². The van der Waals surface area contributed by atoms with Crippen molar-refractivity contribution in [3.05, 3.63) is 58.6 Å². The van der Waals surface area contributed by atoms with Gasteiger partial charge in [-0.15, -0.1) is 0 Å². The monoisotopic (exact) mass is 393 g/mol. The molecule has 0 saturated carbocycles. The molecule has 0 saturated heterocycles. The zero-order valence-electron chi connectivity index (χ0n) is 16.2. The van der Waals surface area contributed by atoms with Gasteiger partial charge < -0.3 is 14.8 Å². The van der Waals surface area contributed by atoms with Gasteiger partial charge in [0.25, 0.3) is 5.56 Å². The summed E-state index contributed by atoms with van der Waals surface area (Å²) in [6, 6.07) is 10.2. The second kappa shape index (κ2) is 7.27. The van der Waals surface area contributed by atoms with Gasteiger partial charge in [0.05, 0.1) is 31.1 Å². The highest BCUT2D eigenvalue weighted by atomic mass is 16.5. The third-order valence-corrected chi connectivity index (χ3v) is 4.54. The van der Waals surface area contributed by atoms with E-state index in [1.165, 1.54) is 16.2 Å². The van der Waals surface area contributed by atoms with Crippen LogP contribution in [-0.4, -0.2) is 39.3 Å². The highest BCUT2D eigenvalue weighted by Crippen LogP contribution is 2.29. The van der Waals surface area contributed by atoms with Gasteiger partial charge in [-0.05, 0) is 37.3 Å². The largest absolute Gasteiger partial charge is 0.497 e. The fraction of sp³-hybridized carbons (Fsp3) is 0.200. The van der Waals surface area contributed by atoms with Gasteiger partial charge in [0, 0.05) is 12.3 Å². The number of fused-ring (bicyclic) bond motifs is 3. The van der Waals surface area contributed by atoms with Crippen LogP contribution in [0.1, 0.15) is 5.69 Å². The van der Waals surface area contributed by atoms with E-state index in [0.29, 0.717) is 39.6 Å². The van der Waals surface area contributed by atoms with E-state index in [1.54, 1.807) is 56.6 Å². The van der Waals surface area contributed by atoms with E-state index in [1.807, 2.05) is 0 Å². The Morgan fingerprint density at radius 3 is 2.72 bits per heavy atom. The molecular formula is C20H19N5O4. The Kier molecular flexibility index (Phi) is 4.63. The van der Waals surface area contributed by atoms with E-state index in [4.69, 9.17) is 9.47 Å². The molecule has 9 nitrogen and oxygen atoms in total. The van der Waals surface area contributed by atoms with Gasteiger partial charge in [-0.2, -0.15) is 5.10 Å². The van der Waals surface area contributed by atoms with Gasteiger partial charge >= 0.3 is 0 Å². The average molecular weight is 393 g/mol. The zero-order valence-corrected chi connectivity index (χ0v) is 16.2. The Bertz CT molecular complexity index is 1290. The summed E-state index contributed by atoms with van der Waals surface area (Å²) in [7, 11) is 3.05. The molecule has 29 heavy (non-hydrogen) atoms. The smallest absolute Gasteiger partial charge is 0.277 e. The van der Waals surface area contributed by atoms with Crippen molar-refractivity contribution in [2.45, 2.75) is 13.5 Å². The summed E-state index contributed by atoms with van der Waals surface area (Å²) in [4.78, 5) is 30.1. The van der Waals surface area contributed by atoms with E-state index in [-0.39, 0.29) is 18.0 Å². The number of carbonyl (C=O) groups excluding carboxylic acids is 1. The average Bonchev–Trinajstić information content (AvgIpc) is 3.13. The van der Waals surface area contributed by atoms with Gasteiger partial charge in [-0.25, -0.2) is 9.50 Å². The molecule has 148 valence electrons. The molecule has 0 aliphatic rings. The molecule has 0 aliphatic carbocycles. The third-order valence-electron chi connectivity index (χ3n) is 4.54. The van der Waals surface area contributed by atoms with Gasteiger partial charge in [0.15, 0.2) is 5.65 Å². The highest BCUT2D eigenvalue weighted by Gasteiger charge is 2.16. The molecular weight excluding hydrogens is 374 g/mol. The predicted octanol–water partition coefficient (Wildman–Crippen LogP) is 2.01. The second-order valence-electron chi connectivity index (χ2n) is 6.43. The first-order valence-corrected chi connectivity index (χ1v) is 8.87. The summed E-state index contributed by atoms with van der Waals surface area (Å²) < 4.78 is 13.4. The first kappa shape index (κ1) is 18.5. The molecule has 1 N–H and O–H groups in total. The standard InChI is InChI=1S/C20H19N5O4/c1-12-9-16-20(27)24(15-5-4-8-21-19(15)25(16)23-12)11-18(26)22-14-7-6-13(28-2)10-17(14)29-3/h4-10H,11H2,1-3H3,(H,22,26). The molecule has 0 fully saturated rings. The van der Waals surface area contributed by atoms with Gasteiger partial charge in [-0.1, -0.05) is 0 Å². The SMILES string of the molecule is COc1ccc(NC(=O)Cn2c(=O)c3cc(C)nn3c3ncccc32)c(OC)c1. The molecule has 0 bridgehead atoms. The first-order valence-electron chi connectivity index (χ1n) is 8.87. The van der Waals surface area contributed by atoms with Crippen molar-refractivity contribution in [1.82, 2.24) is 19.2 Å². The molecule has 1 aromatic carbocycles. The van der Waals surface area contributed by atoms with Gasteiger partial charge in [0.1, 0.15) is 23.6 Å². The van der Waals surface area contributed by atoms with Gasteiger partial charge in [-0.3, -0.25) is 14.2 Å². The van der Waals surface area contributed by atoms with Crippen LogP contribution in [0, 0.1) is 6.92 Å². The van der Waals surface area contributed by atoms with Crippen molar-refractivity contribution in [1.29, 1.82) is 0 Å². The predicted molar refractivity (Wildman–Crippen MR) is 108 cm³/mol. The minimum atomic E-state index is -0.374. The molecule has 0 spiro atoms. The maximum atomic E-state index is 13.0. The topological polar surface area (TPSA) is 99.8 Å². The maximum Gasteiger partial charge on any atom is 0.277 e. The van der Waals surface area contributed by atoms with Crippen LogP contribution >= 0.6 is 0 Å². The van der Waals surface area contributed by atoms with Crippen molar-refractivity contribution in [3.63, 3.8) is 0 Å². The Labute approximate surface area is 165 Å². The van der Waals surface area contributed by atoms with Crippen LogP contribution in [0.5, 0.6) is 11.5 Å². The number of ether oxygens (including phenoxy) is 2. The summed E-state index contributed by atoms with van der Waals surface area (Å²) in [5, 5.41) is 7.13. The number of anilines is 1. The highest BCUT2D eigenvalue weighted by molar-refractivity contribution is 5.93. The van der Waals surface area contributed by atoms with Crippen molar-refractivity contribution >= 4 is 28.3 Å². The number of hydrogen-bond acceptors (Lipinski definition) is 6. The summed E-state index contributed by atoms with van der Waals surface area (Å²) in [6.07, 6.45) is 1.62. The molecule has 4 aromatic rings. The normalized spacial score (nSPS) is 11.0. The lowest BCUT2D eigenvalue weighted by molar-refractivity contribution is -0.116. The van der Waals surface area contributed by atoms with Crippen LogP contribution in [0.15, 0.2) is 47.4 Å². The Balaban J connectivity index is 1.73. The second-order valence-corrected chi connectivity index (χ2v) is 6.43. The summed E-state index contributed by atoms with van der Waals surface area (Å²) in [5.41, 5.74) is 2.25. The number of nitrogens with one attached hydrogen (secondary N) is 1. The van der Waals surface area contributed by atoms with E-state index < -0.39 is 0 Å². The quantitative estimate of drug-likeness (QED) is 0.557. The molecule has 0 radical (unpaired) electrons. The molecule has 9 heteroatoms. The molecule has 4 rings (SSSR count). The number of pyridine rings is 1. The minimum Gasteiger partial charge on any atom is -0.497 e. The Morgan fingerprint density at radius 1 is 1.14 bits per heavy atom. The molecule has 3 aromatic heterocycles. The van der Waals surface area contributed by atoms with Crippen molar-refractivity contribution in [2.75, 3.05) is 19.5 Å². The van der Waals surface area contributed by atoms with Crippen molar-refractivity contribution < 1.29 is 14.3 Å². The summed E-state index contributed by atoms with van der Waals surface area (Å²) >= 11 is 0. The van der Waals surface area contributed by atoms with E-state index in [0.717, 1.165) is 0 Å². The molecule has 0 atom stereocenters. The number of carbonyl (C=O) groups is 1. The number of nitrogens with zero attached hydrogens (tertiary/aromatic N) is 4. The summed E-state index contributed by atoms with van der Waals surface area (Å²) in [5.74, 6) is 0.689. The fourth-order valence-corrected chi connectivity index (χ4v) is 3.22. The van der Waals surface area contributed by atoms with Gasteiger partial charge in [0.2, 0.25) is 5.91 Å². The number of amides is 1. The lowest BCUT2D eigenvalue weighted by Gasteiger charge is -2.13. The maximum absolute atomic E-state index is 13.0. The molecule has 0 aliphatic heterocycles. The van der Waals surface area contributed by atoms with Crippen LogP contribution in [0.25, 0.3) is 16.7 Å². The van der Waals surface area contributed by atoms with Crippen LogP contribution in [0.3, 0.4) is 0 Å². The first-order chi connectivity index (χ1) is 14.0. The minimum absolute atomic E-state index is 0.184. The van der Waals surface area contributed by atoms with E-state index in [2.05, 4.69) is 15.4 Å². The van der Waals surface area contributed by atoms with Crippen LogP contribution in [-0.2, 0) is 11.3 Å². The van der Waals surface area contributed by atoms with Crippen molar-refractivity contribution in [2.24, 2.45) is 0 Å². The van der Waals surface area contributed by atoms with E-state index >= 15 is 0 Å². The zero-order chi connectivity index (χ0) is 20.5. The van der Waals surface area contributed by atoms with Crippen LogP contribution in [0.4, 0.5) is 5.69 Å². The summed E-state index contributed by atoms with van der Waals surface area (Å²) in [6.45, 7) is 1.62. The lowest BCUT2D eigenvalue weighted by atomic mass is 10.2. The number of benzene rings is 1. The Hall–Kier alpha value is -3.88. The van der Waals surface area contributed by atoms with Crippen LogP contribution in [0.2, 0.25) is 0 Å². The third kappa shape index (κ3) is 3.27. The van der Waals surface area contributed by atoms with Crippen molar-refractivity contribution in [3.8, 4) is 11.5 Å². The fourth-order valence-electron chi connectivity index (χ4n) is 3.22. The number of rotatable bonds is 5. The number of aryl methyl sites for hydroxylation is 1. The van der Waals surface area contributed by atoms with Crippen LogP contribution < -0.4 is 20.3 Å². The number of aromatic nitrogens is 4. The Morgan fingerprint density at radius 2 is 1.97 bits per heavy atom. The number of hydrogen-bond donors (Lipinski definition) is 1.